The quantitative estimate of drug-likeness (QED) is 0.464. The zero-order valence-electron chi connectivity index (χ0n) is 14.8. The highest BCUT2D eigenvalue weighted by atomic mass is 32.1. The van der Waals surface area contributed by atoms with E-state index in [1.807, 2.05) is 0 Å². The van der Waals surface area contributed by atoms with Crippen molar-refractivity contribution in [1.82, 2.24) is 15.3 Å². The molecule has 2 heterocycles. The topological polar surface area (TPSA) is 112 Å². The van der Waals surface area contributed by atoms with E-state index in [4.69, 9.17) is 0 Å². The third kappa shape index (κ3) is 4.34. The minimum Gasteiger partial charge on any atom is -0.501 e. The smallest absolute Gasteiger partial charge is 0.274 e. The molecule has 0 radical (unpaired) electrons. The van der Waals surface area contributed by atoms with E-state index in [0.717, 1.165) is 0 Å². The summed E-state index contributed by atoms with van der Waals surface area (Å²) < 4.78 is 0. The van der Waals surface area contributed by atoms with Gasteiger partial charge in [-0.25, -0.2) is 4.98 Å². The molecule has 0 unspecified atom stereocenters. The molecule has 3 aromatic rings. The molecular weight excluding hydrogens is 378 g/mol. The fraction of sp³-hybridized carbons (Fsp3) is 0.100. The van der Waals surface area contributed by atoms with Crippen LogP contribution in [0.15, 0.2) is 41.8 Å². The second-order valence-electron chi connectivity index (χ2n) is 5.67. The largest absolute Gasteiger partial charge is 0.501 e. The number of ketones is 1. The van der Waals surface area contributed by atoms with Crippen LogP contribution in [0.1, 0.15) is 33.3 Å². The van der Waals surface area contributed by atoms with Crippen molar-refractivity contribution < 1.29 is 19.8 Å². The van der Waals surface area contributed by atoms with Crippen LogP contribution in [0.3, 0.4) is 0 Å². The minimum atomic E-state index is -0.695. The van der Waals surface area contributed by atoms with Gasteiger partial charge in [0.1, 0.15) is 0 Å². The predicted molar refractivity (Wildman–Crippen MR) is 104 cm³/mol. The van der Waals surface area contributed by atoms with Crippen molar-refractivity contribution in [2.75, 3.05) is 6.54 Å². The molecule has 0 atom stereocenters. The highest BCUT2D eigenvalue weighted by molar-refractivity contribution is 7.13. The Morgan fingerprint density at radius 3 is 2.71 bits per heavy atom. The number of Topliss-reactive ketones (excluding diaryl/α,β-unsaturated/α-hetero) is 1. The summed E-state index contributed by atoms with van der Waals surface area (Å²) in [5.41, 5.74) is 0.860. The summed E-state index contributed by atoms with van der Waals surface area (Å²) in [6, 6.07) is 10.4. The van der Waals surface area contributed by atoms with Crippen LogP contribution in [0.5, 0.6) is 11.6 Å². The predicted octanol–water partition coefficient (Wildman–Crippen LogP) is 2.60. The van der Waals surface area contributed by atoms with E-state index in [1.54, 1.807) is 41.8 Å². The molecule has 0 aliphatic carbocycles. The fourth-order valence-electron chi connectivity index (χ4n) is 2.29. The van der Waals surface area contributed by atoms with E-state index in [0.29, 0.717) is 16.0 Å². The molecule has 2 aromatic heterocycles. The number of hydrogen-bond acceptors (Lipinski definition) is 7. The molecule has 8 heteroatoms. The Kier molecular flexibility index (Phi) is 5.67. The van der Waals surface area contributed by atoms with Gasteiger partial charge in [-0.05, 0) is 30.5 Å². The maximum Gasteiger partial charge on any atom is 0.274 e. The minimum absolute atomic E-state index is 0.0122. The number of aromatic nitrogens is 2. The maximum atomic E-state index is 12.3. The van der Waals surface area contributed by atoms with Crippen molar-refractivity contribution in [1.29, 1.82) is 0 Å². The van der Waals surface area contributed by atoms with Crippen LogP contribution in [0.2, 0.25) is 0 Å². The number of carbonyl (C=O) groups excluding carboxylic acids is 2. The zero-order valence-corrected chi connectivity index (χ0v) is 15.6. The molecule has 3 N–H and O–H groups in total. The molecule has 0 aliphatic rings. The van der Waals surface area contributed by atoms with E-state index in [2.05, 4.69) is 27.1 Å². The third-order valence-electron chi connectivity index (χ3n) is 3.66. The van der Waals surface area contributed by atoms with Crippen LogP contribution in [0, 0.1) is 11.8 Å². The number of carbonyl (C=O) groups is 2. The van der Waals surface area contributed by atoms with Crippen molar-refractivity contribution in [2.24, 2.45) is 0 Å². The van der Waals surface area contributed by atoms with Crippen molar-refractivity contribution in [3.63, 3.8) is 0 Å². The molecule has 0 fully saturated rings. The number of nitrogens with one attached hydrogen (secondary N) is 1. The van der Waals surface area contributed by atoms with E-state index in [-0.39, 0.29) is 23.8 Å². The first-order chi connectivity index (χ1) is 13.5. The van der Waals surface area contributed by atoms with Gasteiger partial charge in [0.2, 0.25) is 5.75 Å². The lowest BCUT2D eigenvalue weighted by atomic mass is 10.1. The molecule has 0 spiro atoms. The number of thiophene rings is 1. The zero-order chi connectivity index (χ0) is 20.1. The van der Waals surface area contributed by atoms with Gasteiger partial charge < -0.3 is 15.5 Å². The summed E-state index contributed by atoms with van der Waals surface area (Å²) >= 11 is 1.34. The molecule has 7 nitrogen and oxygen atoms in total. The average Bonchev–Trinajstić information content (AvgIpc) is 3.22. The van der Waals surface area contributed by atoms with Crippen LogP contribution in [-0.4, -0.2) is 38.4 Å². The normalized spacial score (nSPS) is 10.0. The lowest BCUT2D eigenvalue weighted by molar-refractivity contribution is 0.0948. The lowest BCUT2D eigenvalue weighted by Gasteiger charge is -2.06. The van der Waals surface area contributed by atoms with Crippen LogP contribution in [0.4, 0.5) is 0 Å². The second-order valence-corrected chi connectivity index (χ2v) is 6.61. The number of hydrogen-bond donors (Lipinski definition) is 3. The molecule has 28 heavy (non-hydrogen) atoms. The van der Waals surface area contributed by atoms with Gasteiger partial charge in [0.25, 0.3) is 11.8 Å². The van der Waals surface area contributed by atoms with Gasteiger partial charge in [-0.15, -0.1) is 11.3 Å². The van der Waals surface area contributed by atoms with Gasteiger partial charge in [0.05, 0.1) is 11.4 Å². The molecule has 1 aromatic carbocycles. The number of aromatic hydroxyl groups is 2. The van der Waals surface area contributed by atoms with Gasteiger partial charge in [-0.1, -0.05) is 30.0 Å². The average molecular weight is 393 g/mol. The first kappa shape index (κ1) is 19.1. The molecule has 0 aliphatic heterocycles. The first-order valence-electron chi connectivity index (χ1n) is 8.17. The molecule has 140 valence electrons. The Morgan fingerprint density at radius 1 is 1.18 bits per heavy atom. The Labute approximate surface area is 164 Å². The molecule has 0 saturated heterocycles. The lowest BCUT2D eigenvalue weighted by Crippen LogP contribution is -2.25. The monoisotopic (exact) mass is 393 g/mol. The van der Waals surface area contributed by atoms with Gasteiger partial charge in [0, 0.05) is 11.1 Å². The Bertz CT molecular complexity index is 1100. The Balaban J connectivity index is 1.72. The van der Waals surface area contributed by atoms with Crippen LogP contribution in [-0.2, 0) is 0 Å². The highest BCUT2D eigenvalue weighted by Gasteiger charge is 2.20. The summed E-state index contributed by atoms with van der Waals surface area (Å²) in [4.78, 5) is 32.2. The molecule has 3 rings (SSSR count). The number of rotatable bonds is 4. The molecule has 1 amide bonds. The van der Waals surface area contributed by atoms with Crippen molar-refractivity contribution in [3.8, 4) is 34.2 Å². The van der Waals surface area contributed by atoms with Crippen LogP contribution < -0.4 is 5.32 Å². The summed E-state index contributed by atoms with van der Waals surface area (Å²) in [6.07, 6.45) is 0. The van der Waals surface area contributed by atoms with Gasteiger partial charge >= 0.3 is 0 Å². The van der Waals surface area contributed by atoms with Crippen LogP contribution in [0.25, 0.3) is 10.7 Å². The van der Waals surface area contributed by atoms with Crippen molar-refractivity contribution in [3.05, 3.63) is 58.6 Å². The first-order valence-corrected chi connectivity index (χ1v) is 9.05. The summed E-state index contributed by atoms with van der Waals surface area (Å²) in [6.45, 7) is 1.46. The van der Waals surface area contributed by atoms with Crippen molar-refractivity contribution >= 4 is 23.0 Å². The molecule has 0 bridgehead atoms. The third-order valence-corrected chi connectivity index (χ3v) is 4.53. The fourth-order valence-corrected chi connectivity index (χ4v) is 2.95. The van der Waals surface area contributed by atoms with Crippen LogP contribution >= 0.6 is 11.3 Å². The number of amides is 1. The second kappa shape index (κ2) is 8.33. The van der Waals surface area contributed by atoms with E-state index in [9.17, 15) is 19.8 Å². The van der Waals surface area contributed by atoms with E-state index < -0.39 is 17.5 Å². The van der Waals surface area contributed by atoms with Gasteiger partial charge in [-0.3, -0.25) is 9.59 Å². The van der Waals surface area contributed by atoms with E-state index in [1.165, 1.54) is 18.3 Å². The Morgan fingerprint density at radius 2 is 2.00 bits per heavy atom. The summed E-state index contributed by atoms with van der Waals surface area (Å²) in [5.74, 6) is 3.64. The molecular formula is C20H15N3O4S. The van der Waals surface area contributed by atoms with Gasteiger partial charge in [0.15, 0.2) is 17.3 Å². The summed E-state index contributed by atoms with van der Waals surface area (Å²) in [5, 5.41) is 24.0. The van der Waals surface area contributed by atoms with Crippen molar-refractivity contribution in [2.45, 2.75) is 6.92 Å². The number of benzene rings is 1. The summed E-state index contributed by atoms with van der Waals surface area (Å²) in [7, 11) is 0. The maximum absolute atomic E-state index is 12.3. The standard InChI is InChI=1S/C20H15N3O4S/c1-12(24)14-7-2-5-13(11-14)6-3-9-21-19(26)16-17(25)20(27)23-18(22-16)15-8-4-10-28-15/h2,4-5,7-8,10-11,25H,9H2,1H3,(H,21,26)(H,22,23,27). The number of nitrogens with zero attached hydrogens (tertiary/aromatic N) is 2. The Hall–Kier alpha value is -3.70. The van der Waals surface area contributed by atoms with Gasteiger partial charge in [-0.2, -0.15) is 4.98 Å². The highest BCUT2D eigenvalue weighted by Crippen LogP contribution is 2.30. The SMILES string of the molecule is CC(=O)c1cccc(C#CCNC(=O)c2nc(-c3cccs3)nc(O)c2O)c1. The van der Waals surface area contributed by atoms with E-state index >= 15 is 0 Å². The molecule has 0 saturated carbocycles.